The minimum Gasteiger partial charge on any atom is -0.462 e. The predicted molar refractivity (Wildman–Crippen MR) is 362 cm³/mol. The molecule has 0 fully saturated rings. The van der Waals surface area contributed by atoms with Crippen molar-refractivity contribution in [3.05, 3.63) is 122 Å². The van der Waals surface area contributed by atoms with Gasteiger partial charge in [0.05, 0.1) is 0 Å². The summed E-state index contributed by atoms with van der Waals surface area (Å²) in [6.07, 6.45) is 97.8. The first kappa shape index (κ1) is 78.8. The van der Waals surface area contributed by atoms with Crippen LogP contribution in [0.5, 0.6) is 0 Å². The molecule has 0 aliphatic rings. The molecule has 0 rings (SSSR count). The molecule has 0 aromatic heterocycles. The van der Waals surface area contributed by atoms with E-state index >= 15 is 0 Å². The molecule has 1 unspecified atom stereocenters. The summed E-state index contributed by atoms with van der Waals surface area (Å²) in [6.45, 7) is 6.52. The molecule has 0 radical (unpaired) electrons. The average Bonchev–Trinajstić information content (AvgIpc) is 3.49. The lowest BCUT2D eigenvalue weighted by Gasteiger charge is -2.18. The maximum absolute atomic E-state index is 12.9. The third kappa shape index (κ3) is 68.5. The third-order valence-corrected chi connectivity index (χ3v) is 15.0. The molecular formula is C77H130O6. The molecular weight excluding hydrogens is 1020 g/mol. The van der Waals surface area contributed by atoms with Crippen LogP contribution in [-0.4, -0.2) is 37.2 Å². The third-order valence-electron chi connectivity index (χ3n) is 15.0. The van der Waals surface area contributed by atoms with Crippen LogP contribution in [0, 0.1) is 0 Å². The SMILES string of the molecule is CC/C=C\C/C=C\C/C=C\C/C=C\C/C=C\C/C=C\C/C=C\C/C=C\CCCCCCCCC(=O)OCC(COC(=O)CCCCCCCCCCCCCCCCCCC)OC(=O)CCCCCCCCC/C=C\C/C=C\CCCCC. The monoisotopic (exact) mass is 1150 g/mol. The van der Waals surface area contributed by atoms with E-state index in [0.717, 1.165) is 135 Å². The summed E-state index contributed by atoms with van der Waals surface area (Å²) in [5.74, 6) is -0.895. The second-order valence-corrected chi connectivity index (χ2v) is 23.1. The minimum atomic E-state index is -0.791. The van der Waals surface area contributed by atoms with Crippen LogP contribution in [0.25, 0.3) is 0 Å². The number of carbonyl (C=O) groups excluding carboxylic acids is 3. The minimum absolute atomic E-state index is 0.0846. The number of unbranched alkanes of at least 4 members (excludes halogenated alkanes) is 32. The molecule has 0 saturated heterocycles. The van der Waals surface area contributed by atoms with Gasteiger partial charge in [-0.15, -0.1) is 0 Å². The van der Waals surface area contributed by atoms with Gasteiger partial charge in [0.2, 0.25) is 0 Å². The molecule has 0 amide bonds. The van der Waals surface area contributed by atoms with Crippen molar-refractivity contribution in [3.63, 3.8) is 0 Å². The highest BCUT2D eigenvalue weighted by Crippen LogP contribution is 2.17. The lowest BCUT2D eigenvalue weighted by atomic mass is 10.0. The van der Waals surface area contributed by atoms with Crippen LogP contribution in [-0.2, 0) is 28.6 Å². The van der Waals surface area contributed by atoms with E-state index in [-0.39, 0.29) is 31.1 Å². The Labute approximate surface area is 513 Å². The zero-order valence-corrected chi connectivity index (χ0v) is 54.4. The van der Waals surface area contributed by atoms with E-state index in [0.29, 0.717) is 19.3 Å². The molecule has 0 aliphatic carbocycles. The summed E-state index contributed by atoms with van der Waals surface area (Å²) in [5, 5.41) is 0. The van der Waals surface area contributed by atoms with Crippen molar-refractivity contribution in [1.29, 1.82) is 0 Å². The predicted octanol–water partition coefficient (Wildman–Crippen LogP) is 24.3. The van der Waals surface area contributed by atoms with Crippen molar-refractivity contribution in [2.24, 2.45) is 0 Å². The van der Waals surface area contributed by atoms with Crippen LogP contribution in [0.15, 0.2) is 122 Å². The van der Waals surface area contributed by atoms with E-state index in [4.69, 9.17) is 14.2 Å². The van der Waals surface area contributed by atoms with Gasteiger partial charge in [-0.2, -0.15) is 0 Å². The standard InChI is InChI=1S/C77H130O6/c1-4-7-10-13-16-19-22-25-28-31-32-33-34-35-36-37-38-39-40-41-42-43-44-47-49-52-55-58-61-64-67-70-76(79)82-73-74(83-77(80)71-68-65-62-59-56-53-50-46-30-27-24-21-18-15-12-9-6-3)72-81-75(78)69-66-63-60-57-54-51-48-45-29-26-23-20-17-14-11-8-5-2/h7,10,16,18-19,21,25,27-28,30,32-33,35-36,38-39,41-42,44,47,74H,4-6,8-9,11-15,17,20,22-24,26,29,31,34,37,40,43,45-46,48-73H2,1-3H3/b10-7-,19-16-,21-18-,28-25-,30-27-,33-32-,36-35-,39-38-,42-41-,47-44-. The van der Waals surface area contributed by atoms with Gasteiger partial charge in [-0.3, -0.25) is 14.4 Å². The van der Waals surface area contributed by atoms with Gasteiger partial charge in [0.1, 0.15) is 13.2 Å². The van der Waals surface area contributed by atoms with Crippen LogP contribution in [0.3, 0.4) is 0 Å². The van der Waals surface area contributed by atoms with Crippen LogP contribution < -0.4 is 0 Å². The summed E-state index contributed by atoms with van der Waals surface area (Å²) in [7, 11) is 0. The van der Waals surface area contributed by atoms with Gasteiger partial charge in [0.15, 0.2) is 6.10 Å². The number of ether oxygens (including phenoxy) is 3. The van der Waals surface area contributed by atoms with E-state index in [1.807, 2.05) is 0 Å². The molecule has 83 heavy (non-hydrogen) atoms. The first-order chi connectivity index (χ1) is 41.0. The molecule has 0 aromatic carbocycles. The zero-order valence-electron chi connectivity index (χ0n) is 54.4. The van der Waals surface area contributed by atoms with Gasteiger partial charge in [0, 0.05) is 19.3 Å². The van der Waals surface area contributed by atoms with Gasteiger partial charge >= 0.3 is 17.9 Å². The van der Waals surface area contributed by atoms with E-state index in [2.05, 4.69) is 142 Å². The molecule has 6 heteroatoms. The quantitative estimate of drug-likeness (QED) is 0.0261. The number of carbonyl (C=O) groups is 3. The first-order valence-electron chi connectivity index (χ1n) is 35.0. The van der Waals surface area contributed by atoms with Crippen molar-refractivity contribution in [1.82, 2.24) is 0 Å². The Hall–Kier alpha value is -4.19. The molecule has 0 N–H and O–H groups in total. The molecule has 0 aliphatic heterocycles. The van der Waals surface area contributed by atoms with Crippen molar-refractivity contribution < 1.29 is 28.6 Å². The number of hydrogen-bond donors (Lipinski definition) is 0. The van der Waals surface area contributed by atoms with Crippen molar-refractivity contribution in [3.8, 4) is 0 Å². The maximum Gasteiger partial charge on any atom is 0.306 e. The zero-order chi connectivity index (χ0) is 59.9. The Morgan fingerprint density at radius 1 is 0.253 bits per heavy atom. The van der Waals surface area contributed by atoms with Crippen LogP contribution in [0.2, 0.25) is 0 Å². The summed E-state index contributed by atoms with van der Waals surface area (Å²) < 4.78 is 17.0. The van der Waals surface area contributed by atoms with Gasteiger partial charge < -0.3 is 14.2 Å². The average molecular weight is 1150 g/mol. The highest BCUT2D eigenvalue weighted by molar-refractivity contribution is 5.71. The van der Waals surface area contributed by atoms with Crippen molar-refractivity contribution >= 4 is 17.9 Å². The number of hydrogen-bond acceptors (Lipinski definition) is 6. The van der Waals surface area contributed by atoms with Crippen molar-refractivity contribution in [2.45, 2.75) is 335 Å². The number of allylic oxidation sites excluding steroid dienone is 20. The van der Waals surface area contributed by atoms with Gasteiger partial charge in [-0.25, -0.2) is 0 Å². The largest absolute Gasteiger partial charge is 0.462 e. The van der Waals surface area contributed by atoms with Crippen LogP contribution >= 0.6 is 0 Å². The molecule has 0 aromatic rings. The summed E-state index contributed by atoms with van der Waals surface area (Å²) in [6, 6.07) is 0. The smallest absolute Gasteiger partial charge is 0.306 e. The normalized spacial score (nSPS) is 12.9. The fourth-order valence-electron chi connectivity index (χ4n) is 9.73. The van der Waals surface area contributed by atoms with Gasteiger partial charge in [-0.05, 0) is 116 Å². The van der Waals surface area contributed by atoms with E-state index in [1.54, 1.807) is 0 Å². The molecule has 474 valence electrons. The van der Waals surface area contributed by atoms with Crippen molar-refractivity contribution in [2.75, 3.05) is 13.2 Å². The Bertz CT molecular complexity index is 1700. The number of rotatable bonds is 63. The van der Waals surface area contributed by atoms with Gasteiger partial charge in [-0.1, -0.05) is 316 Å². The second kappa shape index (κ2) is 70.3. The van der Waals surface area contributed by atoms with Crippen LogP contribution in [0.1, 0.15) is 329 Å². The highest BCUT2D eigenvalue weighted by Gasteiger charge is 2.19. The Kier molecular flexibility index (Phi) is 66.7. The number of esters is 3. The molecule has 0 spiro atoms. The first-order valence-corrected chi connectivity index (χ1v) is 35.0. The fourth-order valence-corrected chi connectivity index (χ4v) is 9.73. The van der Waals surface area contributed by atoms with E-state index in [1.165, 1.54) is 154 Å². The summed E-state index contributed by atoms with van der Waals surface area (Å²) in [5.41, 5.74) is 0. The molecule has 0 saturated carbocycles. The summed E-state index contributed by atoms with van der Waals surface area (Å²) in [4.78, 5) is 38.4. The molecule has 0 heterocycles. The Morgan fingerprint density at radius 3 is 0.759 bits per heavy atom. The highest BCUT2D eigenvalue weighted by atomic mass is 16.6. The lowest BCUT2D eigenvalue weighted by molar-refractivity contribution is -0.167. The maximum atomic E-state index is 12.9. The summed E-state index contributed by atoms with van der Waals surface area (Å²) >= 11 is 0. The van der Waals surface area contributed by atoms with Gasteiger partial charge in [0.25, 0.3) is 0 Å². The fraction of sp³-hybridized carbons (Fsp3) is 0.701. The molecule has 1 atom stereocenters. The van der Waals surface area contributed by atoms with Crippen LogP contribution in [0.4, 0.5) is 0 Å². The van der Waals surface area contributed by atoms with E-state index < -0.39 is 6.10 Å². The topological polar surface area (TPSA) is 78.9 Å². The second-order valence-electron chi connectivity index (χ2n) is 23.1. The lowest BCUT2D eigenvalue weighted by Crippen LogP contribution is -2.30. The Balaban J connectivity index is 4.36. The molecule has 0 bridgehead atoms. The molecule has 6 nitrogen and oxygen atoms in total. The van der Waals surface area contributed by atoms with E-state index in [9.17, 15) is 14.4 Å². The Morgan fingerprint density at radius 2 is 0.470 bits per heavy atom.